The number of hydrogen-bond acceptors (Lipinski definition) is 3. The smallest absolute Gasteiger partial charge is 0.0992 e. The van der Waals surface area contributed by atoms with Crippen LogP contribution in [0.3, 0.4) is 0 Å². The zero-order valence-corrected chi connectivity index (χ0v) is 16.2. The van der Waals surface area contributed by atoms with Gasteiger partial charge in [0.15, 0.2) is 0 Å². The van der Waals surface area contributed by atoms with Crippen molar-refractivity contribution < 1.29 is 0 Å². The maximum atomic E-state index is 9.15. The Morgan fingerprint density at radius 3 is 1.59 bits per heavy atom. The van der Waals surface area contributed by atoms with E-state index in [1.54, 1.807) is 0 Å². The lowest BCUT2D eigenvalue weighted by molar-refractivity contribution is 1.20. The van der Waals surface area contributed by atoms with E-state index in [0.29, 0.717) is 5.56 Å². The molecule has 0 saturated heterocycles. The van der Waals surface area contributed by atoms with E-state index in [1.807, 2.05) is 43.4 Å². The highest BCUT2D eigenvalue weighted by molar-refractivity contribution is 5.77. The summed E-state index contributed by atoms with van der Waals surface area (Å²) in [5.41, 5.74) is 6.02. The highest BCUT2D eigenvalue weighted by atomic mass is 15.1. The SMILES string of the molecule is CN(c1ccc(N(c2ccccc2)c2ccccc2)cc1)c1cccc(C#N)c1. The largest absolute Gasteiger partial charge is 0.345 e. The molecule has 0 spiro atoms. The second-order valence-corrected chi connectivity index (χ2v) is 6.74. The van der Waals surface area contributed by atoms with Crippen LogP contribution >= 0.6 is 0 Å². The Kier molecular flexibility index (Phi) is 5.27. The van der Waals surface area contributed by atoms with E-state index in [9.17, 15) is 0 Å². The molecule has 0 amide bonds. The minimum absolute atomic E-state index is 0.658. The predicted molar refractivity (Wildman–Crippen MR) is 120 cm³/mol. The van der Waals surface area contributed by atoms with Crippen LogP contribution in [0.15, 0.2) is 109 Å². The van der Waals surface area contributed by atoms with Crippen LogP contribution in [0.2, 0.25) is 0 Å². The zero-order valence-electron chi connectivity index (χ0n) is 16.2. The third-order valence-corrected chi connectivity index (χ3v) is 4.89. The molecule has 0 aromatic heterocycles. The summed E-state index contributed by atoms with van der Waals surface area (Å²) in [6, 6.07) is 39.0. The van der Waals surface area contributed by atoms with Gasteiger partial charge < -0.3 is 9.80 Å². The number of rotatable bonds is 5. The fraction of sp³-hybridized carbons (Fsp3) is 0.0385. The molecule has 0 atom stereocenters. The van der Waals surface area contributed by atoms with Crippen LogP contribution in [0.1, 0.15) is 5.56 Å². The van der Waals surface area contributed by atoms with Crippen molar-refractivity contribution >= 4 is 28.4 Å². The van der Waals surface area contributed by atoms with Crippen LogP contribution in [0.4, 0.5) is 28.4 Å². The van der Waals surface area contributed by atoms with Gasteiger partial charge in [-0.3, -0.25) is 0 Å². The first-order valence-corrected chi connectivity index (χ1v) is 9.50. The summed E-state index contributed by atoms with van der Waals surface area (Å²) in [7, 11) is 2.01. The maximum absolute atomic E-state index is 9.15. The Hall–Kier alpha value is -4.03. The van der Waals surface area contributed by atoms with E-state index < -0.39 is 0 Å². The molecule has 140 valence electrons. The average molecular weight is 375 g/mol. The molecule has 0 heterocycles. The Morgan fingerprint density at radius 1 is 0.552 bits per heavy atom. The molecule has 4 aromatic carbocycles. The van der Waals surface area contributed by atoms with Gasteiger partial charge in [-0.05, 0) is 66.7 Å². The number of nitriles is 1. The fourth-order valence-corrected chi connectivity index (χ4v) is 3.36. The van der Waals surface area contributed by atoms with Gasteiger partial charge in [-0.2, -0.15) is 5.26 Å². The summed E-state index contributed by atoms with van der Waals surface area (Å²) in [6.45, 7) is 0. The minimum Gasteiger partial charge on any atom is -0.345 e. The molecule has 4 aromatic rings. The van der Waals surface area contributed by atoms with E-state index in [2.05, 4.69) is 88.7 Å². The number of nitrogens with zero attached hydrogens (tertiary/aromatic N) is 3. The predicted octanol–water partition coefficient (Wildman–Crippen LogP) is 6.80. The lowest BCUT2D eigenvalue weighted by Gasteiger charge is -2.26. The van der Waals surface area contributed by atoms with Gasteiger partial charge in [0.25, 0.3) is 0 Å². The molecule has 0 aliphatic rings. The normalized spacial score (nSPS) is 10.2. The van der Waals surface area contributed by atoms with Crippen LogP contribution in [0, 0.1) is 11.3 Å². The van der Waals surface area contributed by atoms with Crippen molar-refractivity contribution in [1.82, 2.24) is 0 Å². The Bertz CT molecular complexity index is 1070. The van der Waals surface area contributed by atoms with Gasteiger partial charge in [0.1, 0.15) is 0 Å². The number of hydrogen-bond donors (Lipinski definition) is 0. The first-order chi connectivity index (χ1) is 14.3. The Labute approximate surface area is 171 Å². The van der Waals surface area contributed by atoms with E-state index in [0.717, 1.165) is 28.4 Å². The first-order valence-electron chi connectivity index (χ1n) is 9.50. The molecule has 0 aliphatic carbocycles. The summed E-state index contributed by atoms with van der Waals surface area (Å²) >= 11 is 0. The van der Waals surface area contributed by atoms with Gasteiger partial charge in [0, 0.05) is 35.5 Å². The number of anilines is 5. The summed E-state index contributed by atoms with van der Waals surface area (Å²) in [4.78, 5) is 4.32. The van der Waals surface area contributed by atoms with E-state index in [1.165, 1.54) is 0 Å². The van der Waals surface area contributed by atoms with Crippen LogP contribution in [0.25, 0.3) is 0 Å². The van der Waals surface area contributed by atoms with Gasteiger partial charge in [0.05, 0.1) is 11.6 Å². The van der Waals surface area contributed by atoms with Crippen LogP contribution < -0.4 is 9.80 Å². The van der Waals surface area contributed by atoms with Crippen LogP contribution in [-0.4, -0.2) is 7.05 Å². The number of para-hydroxylation sites is 2. The van der Waals surface area contributed by atoms with E-state index in [-0.39, 0.29) is 0 Å². The second kappa shape index (κ2) is 8.33. The summed E-state index contributed by atoms with van der Waals surface area (Å²) in [5.74, 6) is 0. The van der Waals surface area contributed by atoms with E-state index >= 15 is 0 Å². The first kappa shape index (κ1) is 18.3. The van der Waals surface area contributed by atoms with E-state index in [4.69, 9.17) is 5.26 Å². The highest BCUT2D eigenvalue weighted by Crippen LogP contribution is 2.35. The standard InChI is InChI=1S/C26H21N3/c1-28(26-14-8-9-21(19-26)20-27)22-15-17-25(18-16-22)29(23-10-4-2-5-11-23)24-12-6-3-7-13-24/h2-19H,1H3. The second-order valence-electron chi connectivity index (χ2n) is 6.74. The van der Waals surface area contributed by atoms with Crippen LogP contribution in [-0.2, 0) is 0 Å². The van der Waals surface area contributed by atoms with Gasteiger partial charge in [-0.15, -0.1) is 0 Å². The Morgan fingerprint density at radius 2 is 1.03 bits per heavy atom. The fourth-order valence-electron chi connectivity index (χ4n) is 3.36. The zero-order chi connectivity index (χ0) is 20.1. The average Bonchev–Trinajstić information content (AvgIpc) is 2.81. The summed E-state index contributed by atoms with van der Waals surface area (Å²) in [6.07, 6.45) is 0. The van der Waals surface area contributed by atoms with Crippen molar-refractivity contribution in [3.05, 3.63) is 115 Å². The third kappa shape index (κ3) is 3.97. The van der Waals surface area contributed by atoms with Crippen molar-refractivity contribution in [1.29, 1.82) is 5.26 Å². The molecule has 3 heteroatoms. The molecule has 0 aliphatic heterocycles. The van der Waals surface area contributed by atoms with Crippen molar-refractivity contribution in [2.45, 2.75) is 0 Å². The summed E-state index contributed by atoms with van der Waals surface area (Å²) in [5, 5.41) is 9.15. The molecule has 0 fully saturated rings. The quantitative estimate of drug-likeness (QED) is 0.384. The van der Waals surface area contributed by atoms with Crippen LogP contribution in [0.5, 0.6) is 0 Å². The van der Waals surface area contributed by atoms with Gasteiger partial charge in [-0.1, -0.05) is 42.5 Å². The highest BCUT2D eigenvalue weighted by Gasteiger charge is 2.12. The molecule has 0 N–H and O–H groups in total. The molecule has 4 rings (SSSR count). The lowest BCUT2D eigenvalue weighted by atomic mass is 10.1. The molecule has 0 unspecified atom stereocenters. The van der Waals surface area contributed by atoms with Gasteiger partial charge in [0.2, 0.25) is 0 Å². The molecule has 0 saturated carbocycles. The van der Waals surface area contributed by atoms with Gasteiger partial charge in [-0.25, -0.2) is 0 Å². The van der Waals surface area contributed by atoms with Crippen molar-refractivity contribution in [3.63, 3.8) is 0 Å². The lowest BCUT2D eigenvalue weighted by Crippen LogP contribution is -2.11. The molecule has 0 bridgehead atoms. The minimum atomic E-state index is 0.658. The molecule has 3 nitrogen and oxygen atoms in total. The maximum Gasteiger partial charge on any atom is 0.0992 e. The van der Waals surface area contributed by atoms with Crippen molar-refractivity contribution in [3.8, 4) is 6.07 Å². The van der Waals surface area contributed by atoms with Crippen molar-refractivity contribution in [2.75, 3.05) is 16.8 Å². The molecule has 29 heavy (non-hydrogen) atoms. The summed E-state index contributed by atoms with van der Waals surface area (Å²) < 4.78 is 0. The Balaban J connectivity index is 1.68. The molecular formula is C26H21N3. The molecule has 0 radical (unpaired) electrons. The molecular weight excluding hydrogens is 354 g/mol. The third-order valence-electron chi connectivity index (χ3n) is 4.89. The monoisotopic (exact) mass is 375 g/mol. The topological polar surface area (TPSA) is 30.3 Å². The van der Waals surface area contributed by atoms with Gasteiger partial charge >= 0.3 is 0 Å². The van der Waals surface area contributed by atoms with Crippen molar-refractivity contribution in [2.24, 2.45) is 0 Å². The number of benzene rings is 4.